The Kier molecular flexibility index (Phi) is 3.02. The monoisotopic (exact) mass is 205 g/mol. The highest BCUT2D eigenvalue weighted by molar-refractivity contribution is 6.01. The van der Waals surface area contributed by atoms with Crippen molar-refractivity contribution in [2.45, 2.75) is 19.4 Å². The summed E-state index contributed by atoms with van der Waals surface area (Å²) in [6, 6.07) is 10.00. The van der Waals surface area contributed by atoms with Crippen LogP contribution in [0.5, 0.6) is 0 Å². The van der Waals surface area contributed by atoms with Crippen LogP contribution in [0, 0.1) is 5.92 Å². The fourth-order valence-electron chi connectivity index (χ4n) is 1.62. The molecule has 1 aromatic rings. The molecule has 0 aromatic heterocycles. The summed E-state index contributed by atoms with van der Waals surface area (Å²) in [5.41, 5.74) is 2.08. The number of nitrogens with zero attached hydrogens (tertiary/aromatic N) is 1. The topological polar surface area (TPSA) is 41.8 Å². The second kappa shape index (κ2) is 4.45. The Hall–Kier alpha value is -1.35. The van der Waals surface area contributed by atoms with Gasteiger partial charge in [-0.1, -0.05) is 42.4 Å². The second-order valence-corrected chi connectivity index (χ2v) is 3.91. The first kappa shape index (κ1) is 10.2. The smallest absolute Gasteiger partial charge is 0.137 e. The Morgan fingerprint density at radius 2 is 2.20 bits per heavy atom. The van der Waals surface area contributed by atoms with Crippen molar-refractivity contribution in [1.82, 2.24) is 0 Å². The molecule has 0 spiro atoms. The quantitative estimate of drug-likeness (QED) is 0.817. The molecule has 0 aliphatic carbocycles. The van der Waals surface area contributed by atoms with Gasteiger partial charge in [-0.05, 0) is 5.56 Å². The Labute approximate surface area is 89.4 Å². The molecule has 1 aliphatic heterocycles. The van der Waals surface area contributed by atoms with Gasteiger partial charge in [-0.3, -0.25) is 0 Å². The zero-order valence-electron chi connectivity index (χ0n) is 8.76. The standard InChI is InChI=1S/C12H15NO2/c1-9(8-14)12-7-11(13-15-12)10-5-3-2-4-6-10/h2-6,9,12,14H,7-8H2,1H3/t9-,12-/m0/s1. The maximum atomic E-state index is 9.02. The largest absolute Gasteiger partial charge is 0.396 e. The van der Waals surface area contributed by atoms with Crippen molar-refractivity contribution in [3.8, 4) is 0 Å². The normalized spacial score (nSPS) is 22.0. The second-order valence-electron chi connectivity index (χ2n) is 3.91. The summed E-state index contributed by atoms with van der Waals surface area (Å²) in [4.78, 5) is 5.30. The van der Waals surface area contributed by atoms with Gasteiger partial charge >= 0.3 is 0 Å². The van der Waals surface area contributed by atoms with Crippen LogP contribution < -0.4 is 0 Å². The molecule has 1 heterocycles. The van der Waals surface area contributed by atoms with Gasteiger partial charge < -0.3 is 9.94 Å². The Morgan fingerprint density at radius 1 is 1.47 bits per heavy atom. The van der Waals surface area contributed by atoms with Crippen molar-refractivity contribution >= 4 is 5.71 Å². The summed E-state index contributed by atoms with van der Waals surface area (Å²) >= 11 is 0. The molecule has 2 atom stereocenters. The molecule has 1 aliphatic rings. The van der Waals surface area contributed by atoms with Crippen LogP contribution in [0.3, 0.4) is 0 Å². The van der Waals surface area contributed by atoms with Crippen molar-refractivity contribution in [3.63, 3.8) is 0 Å². The molecule has 1 N–H and O–H groups in total. The van der Waals surface area contributed by atoms with Crippen LogP contribution in [0.2, 0.25) is 0 Å². The van der Waals surface area contributed by atoms with E-state index in [1.807, 2.05) is 37.3 Å². The zero-order chi connectivity index (χ0) is 10.7. The molecule has 15 heavy (non-hydrogen) atoms. The van der Waals surface area contributed by atoms with Crippen molar-refractivity contribution in [2.75, 3.05) is 6.61 Å². The summed E-state index contributed by atoms with van der Waals surface area (Å²) < 4.78 is 0. The molecule has 0 unspecified atom stereocenters. The van der Waals surface area contributed by atoms with Crippen LogP contribution >= 0.6 is 0 Å². The molecule has 0 fully saturated rings. The van der Waals surface area contributed by atoms with Crippen LogP contribution in [0.1, 0.15) is 18.9 Å². The highest BCUT2D eigenvalue weighted by Gasteiger charge is 2.26. The van der Waals surface area contributed by atoms with Gasteiger partial charge in [-0.2, -0.15) is 0 Å². The summed E-state index contributed by atoms with van der Waals surface area (Å²) in [6.45, 7) is 2.11. The molecule has 0 radical (unpaired) electrons. The lowest BCUT2D eigenvalue weighted by Crippen LogP contribution is -2.21. The van der Waals surface area contributed by atoms with E-state index in [9.17, 15) is 0 Å². The predicted molar refractivity (Wildman–Crippen MR) is 58.7 cm³/mol. The van der Waals surface area contributed by atoms with E-state index in [0.717, 1.165) is 17.7 Å². The average molecular weight is 205 g/mol. The van der Waals surface area contributed by atoms with Gasteiger partial charge in [0.1, 0.15) is 6.10 Å². The highest BCUT2D eigenvalue weighted by atomic mass is 16.6. The van der Waals surface area contributed by atoms with Gasteiger partial charge in [0.25, 0.3) is 0 Å². The molecule has 0 saturated heterocycles. The Bertz CT molecular complexity index is 348. The third-order valence-electron chi connectivity index (χ3n) is 2.72. The average Bonchev–Trinajstić information content (AvgIpc) is 2.78. The number of hydrogen-bond acceptors (Lipinski definition) is 3. The highest BCUT2D eigenvalue weighted by Crippen LogP contribution is 2.21. The fraction of sp³-hybridized carbons (Fsp3) is 0.417. The van der Waals surface area contributed by atoms with Crippen LogP contribution in [-0.2, 0) is 4.84 Å². The van der Waals surface area contributed by atoms with Crippen LogP contribution in [0.15, 0.2) is 35.5 Å². The first-order chi connectivity index (χ1) is 7.31. The van der Waals surface area contributed by atoms with E-state index in [2.05, 4.69) is 5.16 Å². The molecule has 2 rings (SSSR count). The van der Waals surface area contributed by atoms with E-state index in [1.165, 1.54) is 0 Å². The SMILES string of the molecule is C[C@@H](CO)[C@@H]1CC(c2ccccc2)=NO1. The van der Waals surface area contributed by atoms with Gasteiger partial charge in [0.05, 0.1) is 5.71 Å². The predicted octanol–water partition coefficient (Wildman–Crippen LogP) is 1.81. The number of benzene rings is 1. The lowest BCUT2D eigenvalue weighted by atomic mass is 9.98. The van der Waals surface area contributed by atoms with E-state index in [-0.39, 0.29) is 18.6 Å². The molecule has 80 valence electrons. The lowest BCUT2D eigenvalue weighted by molar-refractivity contribution is 0.0250. The maximum absolute atomic E-state index is 9.02. The van der Waals surface area contributed by atoms with Gasteiger partial charge in [-0.25, -0.2) is 0 Å². The molecule has 1 aromatic carbocycles. The summed E-state index contributed by atoms with van der Waals surface area (Å²) in [7, 11) is 0. The number of rotatable bonds is 3. The van der Waals surface area contributed by atoms with Gasteiger partial charge in [0.15, 0.2) is 0 Å². The first-order valence-corrected chi connectivity index (χ1v) is 5.20. The molecule has 0 amide bonds. The minimum absolute atomic E-state index is 0.0187. The Balaban J connectivity index is 2.04. The summed E-state index contributed by atoms with van der Waals surface area (Å²) in [6.07, 6.45) is 0.802. The number of oxime groups is 1. The van der Waals surface area contributed by atoms with Crippen LogP contribution in [0.25, 0.3) is 0 Å². The maximum Gasteiger partial charge on any atom is 0.137 e. The summed E-state index contributed by atoms with van der Waals surface area (Å²) in [5, 5.41) is 13.1. The van der Waals surface area contributed by atoms with Gasteiger partial charge in [0.2, 0.25) is 0 Å². The minimum Gasteiger partial charge on any atom is -0.396 e. The lowest BCUT2D eigenvalue weighted by Gasteiger charge is -2.13. The van der Waals surface area contributed by atoms with E-state index < -0.39 is 0 Å². The van der Waals surface area contributed by atoms with Gasteiger partial charge in [-0.15, -0.1) is 0 Å². The van der Waals surface area contributed by atoms with Crippen LogP contribution in [0.4, 0.5) is 0 Å². The minimum atomic E-state index is 0.0187. The molecular formula is C12H15NO2. The molecule has 3 nitrogen and oxygen atoms in total. The molecule has 0 saturated carbocycles. The number of hydrogen-bond donors (Lipinski definition) is 1. The van der Waals surface area contributed by atoms with Crippen LogP contribution in [-0.4, -0.2) is 23.5 Å². The Morgan fingerprint density at radius 3 is 2.87 bits per heavy atom. The zero-order valence-corrected chi connectivity index (χ0v) is 8.76. The summed E-state index contributed by atoms with van der Waals surface area (Å²) in [5.74, 6) is 0.134. The number of aliphatic hydroxyl groups excluding tert-OH is 1. The number of aliphatic hydroxyl groups is 1. The van der Waals surface area contributed by atoms with Crippen molar-refractivity contribution in [2.24, 2.45) is 11.1 Å². The van der Waals surface area contributed by atoms with E-state index >= 15 is 0 Å². The van der Waals surface area contributed by atoms with E-state index in [1.54, 1.807) is 0 Å². The molecular weight excluding hydrogens is 190 g/mol. The van der Waals surface area contributed by atoms with Crippen molar-refractivity contribution < 1.29 is 9.94 Å². The van der Waals surface area contributed by atoms with Crippen molar-refractivity contribution in [1.29, 1.82) is 0 Å². The molecule has 0 bridgehead atoms. The van der Waals surface area contributed by atoms with Gasteiger partial charge in [0, 0.05) is 18.9 Å². The third-order valence-corrected chi connectivity index (χ3v) is 2.72. The fourth-order valence-corrected chi connectivity index (χ4v) is 1.62. The first-order valence-electron chi connectivity index (χ1n) is 5.20. The third kappa shape index (κ3) is 2.18. The van der Waals surface area contributed by atoms with E-state index in [0.29, 0.717) is 0 Å². The van der Waals surface area contributed by atoms with Crippen molar-refractivity contribution in [3.05, 3.63) is 35.9 Å². The molecule has 3 heteroatoms. The van der Waals surface area contributed by atoms with E-state index in [4.69, 9.17) is 9.94 Å².